The molecule has 0 saturated heterocycles. The summed E-state index contributed by atoms with van der Waals surface area (Å²) in [6, 6.07) is 10.9. The summed E-state index contributed by atoms with van der Waals surface area (Å²) in [5.41, 5.74) is 6.74. The van der Waals surface area contributed by atoms with E-state index in [0.29, 0.717) is 0 Å². The maximum atomic E-state index is 11.0. The third kappa shape index (κ3) is 2.82. The number of carboxylic acids is 1. The summed E-state index contributed by atoms with van der Waals surface area (Å²) in [6.07, 6.45) is 1.10. The fourth-order valence-corrected chi connectivity index (χ4v) is 1.69. The molecule has 1 aromatic heterocycles. The van der Waals surface area contributed by atoms with Gasteiger partial charge >= 0.3 is 5.97 Å². The maximum absolute atomic E-state index is 11.0. The van der Waals surface area contributed by atoms with Crippen molar-refractivity contribution in [2.24, 2.45) is 0 Å². The number of pyridine rings is 1. The maximum Gasteiger partial charge on any atom is 0.338 e. The lowest BCUT2D eigenvalue weighted by atomic mass is 10.1. The highest BCUT2D eigenvalue weighted by atomic mass is 16.5. The number of carbonyl (C=O) groups is 1. The molecule has 0 aliphatic heterocycles. The Bertz CT molecular complexity index is 584. The Hall–Kier alpha value is -2.56. The predicted octanol–water partition coefficient (Wildman–Crippen LogP) is 2.50. The van der Waals surface area contributed by atoms with Crippen molar-refractivity contribution in [2.75, 3.05) is 5.73 Å². The van der Waals surface area contributed by atoms with Gasteiger partial charge in [0.15, 0.2) is 0 Å². The van der Waals surface area contributed by atoms with Gasteiger partial charge in [-0.05, 0) is 18.6 Å². The molecule has 0 bridgehead atoms. The number of nitrogens with two attached hydrogens (primary N) is 1. The minimum Gasteiger partial charge on any atom is -0.478 e. The Kier molecular flexibility index (Phi) is 3.66. The summed E-state index contributed by atoms with van der Waals surface area (Å²) < 4.78 is 5.62. The van der Waals surface area contributed by atoms with Gasteiger partial charge in [0.1, 0.15) is 11.8 Å². The van der Waals surface area contributed by atoms with Crippen LogP contribution in [0.3, 0.4) is 0 Å². The standard InChI is InChI=1S/C14H14N2O3/c1-9(10-5-3-2-4-6-10)19-13-12(15)11(14(17)18)7-8-16-13/h2-9H,15H2,1H3,(H,17,18). The Morgan fingerprint density at radius 2 is 2.00 bits per heavy atom. The molecule has 98 valence electrons. The smallest absolute Gasteiger partial charge is 0.338 e. The molecule has 0 aliphatic carbocycles. The molecule has 5 nitrogen and oxygen atoms in total. The van der Waals surface area contributed by atoms with Gasteiger partial charge in [-0.2, -0.15) is 0 Å². The van der Waals surface area contributed by atoms with Gasteiger partial charge in [0.05, 0.1) is 5.56 Å². The number of nitrogens with zero attached hydrogens (tertiary/aromatic N) is 1. The molecule has 19 heavy (non-hydrogen) atoms. The van der Waals surface area contributed by atoms with E-state index in [4.69, 9.17) is 15.6 Å². The Morgan fingerprint density at radius 1 is 1.32 bits per heavy atom. The molecule has 0 aliphatic rings. The normalized spacial score (nSPS) is 11.8. The monoisotopic (exact) mass is 258 g/mol. The van der Waals surface area contributed by atoms with Crippen LogP contribution in [0, 0.1) is 0 Å². The van der Waals surface area contributed by atoms with Crippen LogP contribution >= 0.6 is 0 Å². The number of hydrogen-bond acceptors (Lipinski definition) is 4. The van der Waals surface area contributed by atoms with E-state index in [1.54, 1.807) is 0 Å². The lowest BCUT2D eigenvalue weighted by Gasteiger charge is -2.16. The van der Waals surface area contributed by atoms with Crippen molar-refractivity contribution in [3.05, 3.63) is 53.7 Å². The zero-order valence-electron chi connectivity index (χ0n) is 10.4. The first kappa shape index (κ1) is 12.9. The second-order valence-electron chi connectivity index (χ2n) is 4.05. The third-order valence-corrected chi connectivity index (χ3v) is 2.74. The average Bonchev–Trinajstić information content (AvgIpc) is 2.41. The number of aromatic carboxylic acids is 1. The Labute approximate surface area is 110 Å². The first-order valence-corrected chi connectivity index (χ1v) is 5.79. The SMILES string of the molecule is CC(Oc1nccc(C(=O)O)c1N)c1ccccc1. The number of anilines is 1. The molecule has 2 aromatic rings. The summed E-state index contributed by atoms with van der Waals surface area (Å²) in [7, 11) is 0. The van der Waals surface area contributed by atoms with Crippen LogP contribution in [0.4, 0.5) is 5.69 Å². The number of carboxylic acid groups (broad SMARTS) is 1. The van der Waals surface area contributed by atoms with Crippen LogP contribution in [-0.4, -0.2) is 16.1 Å². The van der Waals surface area contributed by atoms with Gasteiger partial charge in [-0.3, -0.25) is 0 Å². The van der Waals surface area contributed by atoms with Gasteiger partial charge in [0.2, 0.25) is 5.88 Å². The molecule has 0 fully saturated rings. The molecule has 1 heterocycles. The minimum atomic E-state index is -1.10. The van der Waals surface area contributed by atoms with Crippen LogP contribution in [0.2, 0.25) is 0 Å². The van der Waals surface area contributed by atoms with Gasteiger partial charge in [-0.1, -0.05) is 30.3 Å². The molecular weight excluding hydrogens is 244 g/mol. The largest absolute Gasteiger partial charge is 0.478 e. The molecule has 5 heteroatoms. The molecule has 2 rings (SSSR count). The first-order valence-electron chi connectivity index (χ1n) is 5.79. The van der Waals surface area contributed by atoms with Crippen molar-refractivity contribution in [1.29, 1.82) is 0 Å². The molecule has 0 saturated carbocycles. The van der Waals surface area contributed by atoms with Crippen LogP contribution in [0.5, 0.6) is 5.88 Å². The lowest BCUT2D eigenvalue weighted by molar-refractivity contribution is 0.0697. The number of hydrogen-bond donors (Lipinski definition) is 2. The lowest BCUT2D eigenvalue weighted by Crippen LogP contribution is -2.09. The van der Waals surface area contributed by atoms with Crippen molar-refractivity contribution in [1.82, 2.24) is 4.98 Å². The van der Waals surface area contributed by atoms with Crippen LogP contribution in [0.15, 0.2) is 42.6 Å². The fraction of sp³-hybridized carbons (Fsp3) is 0.143. The minimum absolute atomic E-state index is 0.00902. The van der Waals surface area contributed by atoms with E-state index in [0.717, 1.165) is 5.56 Å². The number of benzene rings is 1. The van der Waals surface area contributed by atoms with Crippen molar-refractivity contribution < 1.29 is 14.6 Å². The van der Waals surface area contributed by atoms with Crippen LogP contribution in [0.1, 0.15) is 28.9 Å². The quantitative estimate of drug-likeness (QED) is 0.880. The van der Waals surface area contributed by atoms with E-state index in [-0.39, 0.29) is 23.2 Å². The van der Waals surface area contributed by atoms with Crippen molar-refractivity contribution >= 4 is 11.7 Å². The molecule has 0 amide bonds. The van der Waals surface area contributed by atoms with Gasteiger partial charge < -0.3 is 15.6 Å². The number of nitrogen functional groups attached to an aromatic ring is 1. The Balaban J connectivity index is 2.25. The van der Waals surface area contributed by atoms with Gasteiger partial charge in [0.25, 0.3) is 0 Å². The second kappa shape index (κ2) is 5.39. The molecule has 3 N–H and O–H groups in total. The summed E-state index contributed by atoms with van der Waals surface area (Å²) in [6.45, 7) is 1.85. The zero-order valence-corrected chi connectivity index (χ0v) is 10.4. The van der Waals surface area contributed by atoms with Crippen molar-refractivity contribution in [2.45, 2.75) is 13.0 Å². The number of rotatable bonds is 4. The third-order valence-electron chi connectivity index (χ3n) is 2.74. The van der Waals surface area contributed by atoms with E-state index in [1.807, 2.05) is 37.3 Å². The highest BCUT2D eigenvalue weighted by Crippen LogP contribution is 2.27. The van der Waals surface area contributed by atoms with E-state index < -0.39 is 5.97 Å². The molecule has 1 unspecified atom stereocenters. The van der Waals surface area contributed by atoms with Crippen molar-refractivity contribution in [3.8, 4) is 5.88 Å². The summed E-state index contributed by atoms with van der Waals surface area (Å²) >= 11 is 0. The van der Waals surface area contributed by atoms with E-state index in [9.17, 15) is 4.79 Å². The van der Waals surface area contributed by atoms with E-state index in [2.05, 4.69) is 4.98 Å². The van der Waals surface area contributed by atoms with Gasteiger partial charge in [0, 0.05) is 6.20 Å². The summed E-state index contributed by atoms with van der Waals surface area (Å²) in [4.78, 5) is 14.9. The highest BCUT2D eigenvalue weighted by Gasteiger charge is 2.16. The van der Waals surface area contributed by atoms with E-state index in [1.165, 1.54) is 12.3 Å². The predicted molar refractivity (Wildman–Crippen MR) is 71.1 cm³/mol. The molecular formula is C14H14N2O3. The van der Waals surface area contributed by atoms with Crippen LogP contribution in [-0.2, 0) is 0 Å². The average molecular weight is 258 g/mol. The molecule has 0 spiro atoms. The van der Waals surface area contributed by atoms with E-state index >= 15 is 0 Å². The topological polar surface area (TPSA) is 85.4 Å². The zero-order chi connectivity index (χ0) is 13.8. The summed E-state index contributed by atoms with van der Waals surface area (Å²) in [5.74, 6) is -0.964. The highest BCUT2D eigenvalue weighted by molar-refractivity contribution is 5.94. The fourth-order valence-electron chi connectivity index (χ4n) is 1.69. The summed E-state index contributed by atoms with van der Waals surface area (Å²) in [5, 5.41) is 8.98. The molecule has 1 atom stereocenters. The number of aromatic nitrogens is 1. The Morgan fingerprint density at radius 3 is 2.63 bits per heavy atom. The van der Waals surface area contributed by atoms with Crippen LogP contribution in [0.25, 0.3) is 0 Å². The van der Waals surface area contributed by atoms with Gasteiger partial charge in [-0.15, -0.1) is 0 Å². The number of ether oxygens (including phenoxy) is 1. The molecule has 1 aromatic carbocycles. The molecule has 0 radical (unpaired) electrons. The van der Waals surface area contributed by atoms with Crippen molar-refractivity contribution in [3.63, 3.8) is 0 Å². The first-order chi connectivity index (χ1) is 9.09. The van der Waals surface area contributed by atoms with Gasteiger partial charge in [-0.25, -0.2) is 9.78 Å². The van der Waals surface area contributed by atoms with Crippen LogP contribution < -0.4 is 10.5 Å². The second-order valence-corrected chi connectivity index (χ2v) is 4.05.